The molecule has 3 unspecified atom stereocenters. The number of carbonyl (C=O) groups is 1. The Morgan fingerprint density at radius 1 is 1.34 bits per heavy atom. The van der Waals surface area contributed by atoms with Gasteiger partial charge in [-0.1, -0.05) is 19.1 Å². The Labute approximate surface area is 203 Å². The number of aliphatic hydroxyl groups is 1. The molecular weight excluding hydrogens is 447 g/mol. The van der Waals surface area contributed by atoms with Gasteiger partial charge < -0.3 is 21.1 Å². The molecule has 9 heteroatoms. The van der Waals surface area contributed by atoms with Crippen molar-refractivity contribution in [2.45, 2.75) is 26.4 Å². The number of allylic oxidation sites excluding steroid dienone is 2. The fraction of sp³-hybridized carbons (Fsp3) is 0.346. The van der Waals surface area contributed by atoms with E-state index in [2.05, 4.69) is 25.9 Å². The van der Waals surface area contributed by atoms with Crippen LogP contribution in [0.1, 0.15) is 35.0 Å². The van der Waals surface area contributed by atoms with Crippen molar-refractivity contribution in [3.63, 3.8) is 0 Å². The second-order valence-corrected chi connectivity index (χ2v) is 9.24. The van der Waals surface area contributed by atoms with Crippen LogP contribution in [0, 0.1) is 18.8 Å². The number of nitrogens with zero attached hydrogens (tertiary/aromatic N) is 3. The molecule has 0 saturated carbocycles. The van der Waals surface area contributed by atoms with Crippen LogP contribution in [-0.2, 0) is 0 Å². The molecule has 1 amide bonds. The molecule has 0 bridgehead atoms. The number of halogens is 1. The van der Waals surface area contributed by atoms with E-state index in [0.29, 0.717) is 40.8 Å². The first kappa shape index (κ1) is 23.2. The van der Waals surface area contributed by atoms with Crippen LogP contribution in [0.15, 0.2) is 54.8 Å². The highest BCUT2D eigenvalue weighted by Gasteiger charge is 2.26. The molecule has 0 radical (unpaired) electrons. The maximum Gasteiger partial charge on any atom is 0.251 e. The molecule has 8 nitrogen and oxygen atoms in total. The van der Waals surface area contributed by atoms with E-state index in [4.69, 9.17) is 0 Å². The third-order valence-electron chi connectivity index (χ3n) is 6.78. The summed E-state index contributed by atoms with van der Waals surface area (Å²) in [6, 6.07) is 5.54. The first-order valence-corrected chi connectivity index (χ1v) is 11.9. The summed E-state index contributed by atoms with van der Waals surface area (Å²) < 4.78 is 16.7. The van der Waals surface area contributed by atoms with Crippen LogP contribution in [0.2, 0.25) is 0 Å². The van der Waals surface area contributed by atoms with Crippen LogP contribution in [0.5, 0.6) is 0 Å². The molecular formula is C26H29FN6O2. The third kappa shape index (κ3) is 4.56. The molecule has 1 aliphatic carbocycles. The van der Waals surface area contributed by atoms with Crippen LogP contribution < -0.4 is 16.0 Å². The molecule has 1 fully saturated rings. The lowest BCUT2D eigenvalue weighted by molar-refractivity contribution is 0.0947. The minimum absolute atomic E-state index is 0.0748. The van der Waals surface area contributed by atoms with Crippen molar-refractivity contribution in [2.24, 2.45) is 11.8 Å². The number of anilines is 2. The van der Waals surface area contributed by atoms with Crippen molar-refractivity contribution in [1.29, 1.82) is 0 Å². The average molecular weight is 477 g/mol. The number of hydrogen-bond acceptors (Lipinski definition) is 6. The van der Waals surface area contributed by atoms with Crippen LogP contribution >= 0.6 is 0 Å². The molecule has 4 N–H and O–H groups in total. The van der Waals surface area contributed by atoms with E-state index in [1.54, 1.807) is 48.1 Å². The van der Waals surface area contributed by atoms with Crippen LogP contribution in [0.4, 0.5) is 15.9 Å². The first-order valence-electron chi connectivity index (χ1n) is 11.9. The van der Waals surface area contributed by atoms with Gasteiger partial charge in [0.05, 0.1) is 18.0 Å². The monoisotopic (exact) mass is 476 g/mol. The fourth-order valence-electron chi connectivity index (χ4n) is 4.60. The summed E-state index contributed by atoms with van der Waals surface area (Å²) in [6.45, 7) is 6.17. The number of carbonyl (C=O) groups excluding carboxylic acids is 1. The number of amides is 1. The number of nitrogens with one attached hydrogen (secondary N) is 3. The zero-order valence-electron chi connectivity index (χ0n) is 19.8. The smallest absolute Gasteiger partial charge is 0.251 e. The third-order valence-corrected chi connectivity index (χ3v) is 6.78. The lowest BCUT2D eigenvalue weighted by atomic mass is 9.92. The highest BCUT2D eigenvalue weighted by molar-refractivity contribution is 5.96. The van der Waals surface area contributed by atoms with Gasteiger partial charge in [0.25, 0.3) is 5.91 Å². The molecule has 2 aromatic heterocycles. The number of imidazole rings is 1. The molecule has 1 saturated heterocycles. The summed E-state index contributed by atoms with van der Waals surface area (Å²) in [5.74, 6) is -0.0738. The Balaban J connectivity index is 1.36. The quantitative estimate of drug-likeness (QED) is 0.435. The van der Waals surface area contributed by atoms with E-state index >= 15 is 0 Å². The Morgan fingerprint density at radius 3 is 2.97 bits per heavy atom. The topological polar surface area (TPSA) is 104 Å². The number of hydrogen-bond donors (Lipinski definition) is 4. The number of fused-ring (bicyclic) bond motifs is 1. The lowest BCUT2D eigenvalue weighted by Gasteiger charge is -2.20. The number of aryl methyl sites for hydroxylation is 1. The summed E-state index contributed by atoms with van der Waals surface area (Å²) in [7, 11) is 0. The molecule has 3 aromatic rings. The molecule has 1 aliphatic heterocycles. The van der Waals surface area contributed by atoms with Crippen molar-refractivity contribution in [3.05, 3.63) is 71.6 Å². The van der Waals surface area contributed by atoms with Gasteiger partial charge in [0, 0.05) is 41.7 Å². The normalized spacial score (nSPS) is 22.1. The molecule has 3 atom stereocenters. The van der Waals surface area contributed by atoms with Gasteiger partial charge in [0.2, 0.25) is 0 Å². The molecule has 2 aliphatic rings. The Bertz CT molecular complexity index is 1320. The largest absolute Gasteiger partial charge is 0.388 e. The van der Waals surface area contributed by atoms with Crippen molar-refractivity contribution in [3.8, 4) is 0 Å². The summed E-state index contributed by atoms with van der Waals surface area (Å²) >= 11 is 0. The predicted octanol–water partition coefficient (Wildman–Crippen LogP) is 3.37. The van der Waals surface area contributed by atoms with Crippen molar-refractivity contribution in [1.82, 2.24) is 25.0 Å². The maximum atomic E-state index is 14.9. The van der Waals surface area contributed by atoms with Gasteiger partial charge in [-0.3, -0.25) is 9.20 Å². The molecule has 1 aromatic carbocycles. The van der Waals surface area contributed by atoms with Crippen LogP contribution in [-0.4, -0.2) is 51.1 Å². The van der Waals surface area contributed by atoms with Gasteiger partial charge in [0.15, 0.2) is 11.5 Å². The Morgan fingerprint density at radius 2 is 2.20 bits per heavy atom. The second kappa shape index (κ2) is 9.59. The minimum atomic E-state index is -0.843. The molecule has 3 heterocycles. The standard InChI is InChI=1S/C26H29FN6O2/c1-15-11-18(3-4-19(15)26(35)31-13-17-7-8-28-12-17)32-24-25-30-14-21(33(25)10-9-29-24)20-5-6-22(34)16(2)23(20)27/h3-6,9-11,14,16-17,22,28,34H,7-8,12-13H2,1-2H3,(H,29,32)(H,31,35). The highest BCUT2D eigenvalue weighted by Crippen LogP contribution is 2.33. The molecule has 0 spiro atoms. The zero-order chi connectivity index (χ0) is 24.5. The van der Waals surface area contributed by atoms with E-state index in [0.717, 1.165) is 30.8 Å². The van der Waals surface area contributed by atoms with Gasteiger partial charge in [-0.05, 0) is 56.1 Å². The van der Waals surface area contributed by atoms with Crippen molar-refractivity contribution < 1.29 is 14.3 Å². The zero-order valence-corrected chi connectivity index (χ0v) is 19.8. The SMILES string of the molecule is Cc1cc(Nc2nccn3c(C4=C(F)C(C)C(O)C=C4)cnc23)ccc1C(=O)NCC1CCNC1. The van der Waals surface area contributed by atoms with Gasteiger partial charge >= 0.3 is 0 Å². The van der Waals surface area contributed by atoms with Crippen molar-refractivity contribution in [2.75, 3.05) is 25.0 Å². The minimum Gasteiger partial charge on any atom is -0.388 e. The van der Waals surface area contributed by atoms with Crippen LogP contribution in [0.3, 0.4) is 0 Å². The number of aliphatic hydroxyl groups excluding tert-OH is 1. The Hall–Kier alpha value is -3.56. The average Bonchev–Trinajstić information content (AvgIpc) is 3.52. The summed E-state index contributed by atoms with van der Waals surface area (Å²) in [4.78, 5) is 21.5. The summed E-state index contributed by atoms with van der Waals surface area (Å²) in [6.07, 6.45) is 8.37. The predicted molar refractivity (Wildman–Crippen MR) is 133 cm³/mol. The summed E-state index contributed by atoms with van der Waals surface area (Å²) in [5.41, 5.74) is 3.77. The van der Waals surface area contributed by atoms with E-state index < -0.39 is 12.0 Å². The molecule has 35 heavy (non-hydrogen) atoms. The van der Waals surface area contributed by atoms with E-state index in [1.165, 1.54) is 0 Å². The first-order chi connectivity index (χ1) is 16.9. The molecule has 5 rings (SSSR count). The van der Waals surface area contributed by atoms with Crippen molar-refractivity contribution >= 4 is 28.6 Å². The number of rotatable bonds is 6. The number of aromatic nitrogens is 3. The van der Waals surface area contributed by atoms with Gasteiger partial charge in [-0.15, -0.1) is 0 Å². The second-order valence-electron chi connectivity index (χ2n) is 9.24. The van der Waals surface area contributed by atoms with Crippen LogP contribution in [0.25, 0.3) is 11.2 Å². The highest BCUT2D eigenvalue weighted by atomic mass is 19.1. The van der Waals surface area contributed by atoms with E-state index in [-0.39, 0.29) is 11.7 Å². The fourth-order valence-corrected chi connectivity index (χ4v) is 4.60. The maximum absolute atomic E-state index is 14.9. The van der Waals surface area contributed by atoms with E-state index in [9.17, 15) is 14.3 Å². The van der Waals surface area contributed by atoms with Gasteiger partial charge in [-0.2, -0.15) is 0 Å². The van der Waals surface area contributed by atoms with Gasteiger partial charge in [-0.25, -0.2) is 14.4 Å². The number of benzene rings is 1. The summed E-state index contributed by atoms with van der Waals surface area (Å²) in [5, 5.41) is 19.5. The van der Waals surface area contributed by atoms with E-state index in [1.807, 2.05) is 19.1 Å². The molecule has 182 valence electrons. The lowest BCUT2D eigenvalue weighted by Crippen LogP contribution is -2.30. The Kier molecular flexibility index (Phi) is 6.36. The van der Waals surface area contributed by atoms with Gasteiger partial charge in [0.1, 0.15) is 5.83 Å².